The van der Waals surface area contributed by atoms with Crippen molar-refractivity contribution >= 4 is 40.8 Å². The van der Waals surface area contributed by atoms with Crippen LogP contribution in [0.4, 0.5) is 5.69 Å². The first kappa shape index (κ1) is 16.0. The Hall–Kier alpha value is -2.91. The lowest BCUT2D eigenvalue weighted by atomic mass is 10.1. The molecule has 0 saturated carbocycles. The van der Waals surface area contributed by atoms with E-state index in [0.717, 1.165) is 6.07 Å². The molecule has 0 aliphatic heterocycles. The van der Waals surface area contributed by atoms with Gasteiger partial charge in [-0.1, -0.05) is 28.4 Å². The van der Waals surface area contributed by atoms with Crippen molar-refractivity contribution in [1.82, 2.24) is 25.2 Å². The van der Waals surface area contributed by atoms with Gasteiger partial charge in [-0.05, 0) is 12.1 Å². The molecule has 0 fully saturated rings. The van der Waals surface area contributed by atoms with Gasteiger partial charge >= 0.3 is 5.97 Å². The number of amides is 1. The minimum Gasteiger partial charge on any atom is -0.478 e. The lowest BCUT2D eigenvalue weighted by Crippen LogP contribution is -2.15. The number of nitrogens with zero attached hydrogens (tertiary/aromatic N) is 4. The van der Waals surface area contributed by atoms with Crippen molar-refractivity contribution in [2.24, 2.45) is 0 Å². The Morgan fingerprint density at radius 3 is 2.67 bits per heavy atom. The second kappa shape index (κ2) is 6.30. The van der Waals surface area contributed by atoms with Gasteiger partial charge in [-0.3, -0.25) is 9.89 Å². The maximum absolute atomic E-state index is 12.2. The van der Waals surface area contributed by atoms with Crippen molar-refractivity contribution in [2.45, 2.75) is 0 Å². The van der Waals surface area contributed by atoms with E-state index in [1.54, 1.807) is 6.20 Å². The van der Waals surface area contributed by atoms with Crippen molar-refractivity contribution < 1.29 is 14.7 Å². The van der Waals surface area contributed by atoms with Crippen LogP contribution < -0.4 is 5.32 Å². The van der Waals surface area contributed by atoms with Crippen molar-refractivity contribution in [1.29, 1.82) is 0 Å². The summed E-state index contributed by atoms with van der Waals surface area (Å²) in [5.41, 5.74) is 0.376. The van der Waals surface area contributed by atoms with Crippen molar-refractivity contribution in [3.63, 3.8) is 0 Å². The third-order valence-electron chi connectivity index (χ3n) is 3.01. The first-order chi connectivity index (χ1) is 11.5. The summed E-state index contributed by atoms with van der Waals surface area (Å²) in [4.78, 5) is 23.5. The number of anilines is 1. The van der Waals surface area contributed by atoms with E-state index in [9.17, 15) is 14.7 Å². The highest BCUT2D eigenvalue weighted by atomic mass is 35.5. The Balaban J connectivity index is 1.88. The van der Waals surface area contributed by atoms with Crippen LogP contribution in [0.5, 0.6) is 0 Å². The molecule has 9 nitrogen and oxygen atoms in total. The number of rotatable bonds is 4. The van der Waals surface area contributed by atoms with Gasteiger partial charge in [-0.25, -0.2) is 9.48 Å². The smallest absolute Gasteiger partial charge is 0.337 e. The normalized spacial score (nSPS) is 10.6. The Bertz CT molecular complexity index is 922. The van der Waals surface area contributed by atoms with Crippen LogP contribution in [0.1, 0.15) is 20.8 Å². The molecule has 3 aromatic rings. The number of halogens is 2. The summed E-state index contributed by atoms with van der Waals surface area (Å²) in [7, 11) is 0. The highest BCUT2D eigenvalue weighted by Gasteiger charge is 2.18. The SMILES string of the molecule is O=C(Nc1cc(Cl)c(Cl)cc1C(=O)O)c1cn(-c2cn[nH]c2)nn1. The van der Waals surface area contributed by atoms with E-state index in [0.29, 0.717) is 5.69 Å². The minimum absolute atomic E-state index is 0.000221. The average molecular weight is 367 g/mol. The lowest BCUT2D eigenvalue weighted by molar-refractivity contribution is 0.0698. The highest BCUT2D eigenvalue weighted by Crippen LogP contribution is 2.29. The monoisotopic (exact) mass is 366 g/mol. The Morgan fingerprint density at radius 1 is 1.25 bits per heavy atom. The quantitative estimate of drug-likeness (QED) is 0.649. The topological polar surface area (TPSA) is 126 Å². The average Bonchev–Trinajstić information content (AvgIpc) is 3.20. The Morgan fingerprint density at radius 2 is 2.00 bits per heavy atom. The summed E-state index contributed by atoms with van der Waals surface area (Å²) in [5, 5.41) is 25.7. The molecule has 0 aliphatic carbocycles. The van der Waals surface area contributed by atoms with Gasteiger partial charge in [0.2, 0.25) is 0 Å². The van der Waals surface area contributed by atoms with Crippen LogP contribution in [-0.2, 0) is 0 Å². The molecule has 0 bridgehead atoms. The number of nitrogens with one attached hydrogen (secondary N) is 2. The zero-order valence-electron chi connectivity index (χ0n) is 11.7. The van der Waals surface area contributed by atoms with Crippen LogP contribution in [0.3, 0.4) is 0 Å². The third-order valence-corrected chi connectivity index (χ3v) is 3.74. The van der Waals surface area contributed by atoms with E-state index >= 15 is 0 Å². The van der Waals surface area contributed by atoms with Gasteiger partial charge in [0.15, 0.2) is 5.69 Å². The van der Waals surface area contributed by atoms with E-state index < -0.39 is 11.9 Å². The van der Waals surface area contributed by atoms with Crippen molar-refractivity contribution in [3.8, 4) is 5.69 Å². The molecule has 0 saturated heterocycles. The third kappa shape index (κ3) is 3.07. The molecule has 3 rings (SSSR count). The van der Waals surface area contributed by atoms with Gasteiger partial charge in [0, 0.05) is 6.20 Å². The second-order valence-corrected chi connectivity index (χ2v) is 5.39. The number of carbonyl (C=O) groups excluding carboxylic acids is 1. The molecule has 122 valence electrons. The molecule has 11 heteroatoms. The van der Waals surface area contributed by atoms with Gasteiger partial charge < -0.3 is 10.4 Å². The molecule has 0 aliphatic rings. The van der Waals surface area contributed by atoms with Crippen LogP contribution in [-0.4, -0.2) is 42.2 Å². The van der Waals surface area contributed by atoms with E-state index in [-0.39, 0.29) is 27.0 Å². The molecule has 2 heterocycles. The first-order valence-electron chi connectivity index (χ1n) is 6.41. The lowest BCUT2D eigenvalue weighted by Gasteiger charge is -2.08. The summed E-state index contributed by atoms with van der Waals surface area (Å²) < 4.78 is 1.34. The number of benzene rings is 1. The van der Waals surface area contributed by atoms with Crippen molar-refractivity contribution in [2.75, 3.05) is 5.32 Å². The maximum Gasteiger partial charge on any atom is 0.337 e. The van der Waals surface area contributed by atoms with Crippen LogP contribution in [0.25, 0.3) is 5.69 Å². The molecule has 0 radical (unpaired) electrons. The van der Waals surface area contributed by atoms with E-state index in [1.807, 2.05) is 0 Å². The summed E-state index contributed by atoms with van der Waals surface area (Å²) >= 11 is 11.7. The number of carboxylic acid groups (broad SMARTS) is 1. The second-order valence-electron chi connectivity index (χ2n) is 4.58. The molecule has 3 N–H and O–H groups in total. The highest BCUT2D eigenvalue weighted by molar-refractivity contribution is 6.42. The fourth-order valence-electron chi connectivity index (χ4n) is 1.88. The van der Waals surface area contributed by atoms with Crippen LogP contribution >= 0.6 is 23.2 Å². The zero-order valence-corrected chi connectivity index (χ0v) is 13.2. The Labute approximate surface area is 144 Å². The van der Waals surface area contributed by atoms with E-state index in [1.165, 1.54) is 23.1 Å². The number of aromatic nitrogens is 5. The van der Waals surface area contributed by atoms with E-state index in [2.05, 4.69) is 25.8 Å². The number of carboxylic acids is 1. The number of hydrogen-bond acceptors (Lipinski definition) is 5. The number of carbonyl (C=O) groups is 2. The molecular formula is C13H8Cl2N6O3. The van der Waals surface area contributed by atoms with Crippen molar-refractivity contribution in [3.05, 3.63) is 52.0 Å². The zero-order chi connectivity index (χ0) is 17.3. The number of hydrogen-bond donors (Lipinski definition) is 3. The molecule has 0 unspecified atom stereocenters. The largest absolute Gasteiger partial charge is 0.478 e. The van der Waals surface area contributed by atoms with Gasteiger partial charge in [-0.2, -0.15) is 5.10 Å². The van der Waals surface area contributed by atoms with Crippen LogP contribution in [0.2, 0.25) is 10.0 Å². The Kier molecular flexibility index (Phi) is 4.19. The maximum atomic E-state index is 12.2. The minimum atomic E-state index is -1.26. The fourth-order valence-corrected chi connectivity index (χ4v) is 2.20. The predicted octanol–water partition coefficient (Wildman–Crippen LogP) is 2.25. The van der Waals surface area contributed by atoms with Gasteiger partial charge in [0.1, 0.15) is 5.69 Å². The summed E-state index contributed by atoms with van der Waals surface area (Å²) in [5.74, 6) is -1.91. The molecule has 1 amide bonds. The molecular weight excluding hydrogens is 359 g/mol. The molecule has 2 aromatic heterocycles. The summed E-state index contributed by atoms with van der Waals surface area (Å²) in [6.07, 6.45) is 4.44. The number of aromatic amines is 1. The number of H-pyrrole nitrogens is 1. The fraction of sp³-hybridized carbons (Fsp3) is 0. The molecule has 0 atom stereocenters. The first-order valence-corrected chi connectivity index (χ1v) is 7.16. The van der Waals surface area contributed by atoms with Gasteiger partial charge in [-0.15, -0.1) is 5.10 Å². The van der Waals surface area contributed by atoms with Crippen LogP contribution in [0, 0.1) is 0 Å². The van der Waals surface area contributed by atoms with E-state index in [4.69, 9.17) is 23.2 Å². The predicted molar refractivity (Wildman–Crippen MR) is 84.9 cm³/mol. The summed E-state index contributed by atoms with van der Waals surface area (Å²) in [6.45, 7) is 0. The van der Waals surface area contributed by atoms with Gasteiger partial charge in [0.25, 0.3) is 5.91 Å². The van der Waals surface area contributed by atoms with Gasteiger partial charge in [0.05, 0.1) is 33.7 Å². The molecule has 0 spiro atoms. The summed E-state index contributed by atoms with van der Waals surface area (Å²) in [6, 6.07) is 2.41. The molecule has 1 aromatic carbocycles. The van der Waals surface area contributed by atoms with Crippen LogP contribution in [0.15, 0.2) is 30.7 Å². The molecule has 24 heavy (non-hydrogen) atoms. The standard InChI is InChI=1S/C13H8Cl2N6O3/c14-8-1-7(13(23)24)10(2-9(8)15)18-12(22)11-5-21(20-19-11)6-3-16-17-4-6/h1-5H,(H,16,17)(H,18,22)(H,23,24). The number of aromatic carboxylic acids is 1.